The Bertz CT molecular complexity index is 605. The predicted molar refractivity (Wildman–Crippen MR) is 83.8 cm³/mol. The third-order valence-electron chi connectivity index (χ3n) is 4.02. The third-order valence-corrected chi connectivity index (χ3v) is 4.02. The first-order valence-corrected chi connectivity index (χ1v) is 7.64. The maximum atomic E-state index is 9.42. The molecule has 0 bridgehead atoms. The van der Waals surface area contributed by atoms with Gasteiger partial charge >= 0.3 is 0 Å². The summed E-state index contributed by atoms with van der Waals surface area (Å²) in [6.45, 7) is 3.95. The fraction of sp³-hybridized carbons (Fsp3) is 0.600. The van der Waals surface area contributed by atoms with Crippen LogP contribution in [0.3, 0.4) is 0 Å². The average molecular weight is 289 g/mol. The van der Waals surface area contributed by atoms with E-state index >= 15 is 0 Å². The first kappa shape index (κ1) is 14.1. The Balaban J connectivity index is 1.82. The zero-order chi connectivity index (χ0) is 14.8. The van der Waals surface area contributed by atoms with Gasteiger partial charge in [0.15, 0.2) is 11.5 Å². The summed E-state index contributed by atoms with van der Waals surface area (Å²) in [5.41, 5.74) is 0.874. The number of rotatable bonds is 6. The van der Waals surface area contributed by atoms with E-state index in [1.165, 1.54) is 0 Å². The van der Waals surface area contributed by atoms with E-state index in [0.29, 0.717) is 5.92 Å². The van der Waals surface area contributed by atoms with E-state index in [9.17, 15) is 5.11 Å². The van der Waals surface area contributed by atoms with E-state index in [2.05, 4.69) is 22.1 Å². The number of nitrogens with zero attached hydrogens (tertiary/aromatic N) is 4. The summed E-state index contributed by atoms with van der Waals surface area (Å²) < 4.78 is 2.01. The highest BCUT2D eigenvalue weighted by molar-refractivity contribution is 5.66. The number of hydrogen-bond acceptors (Lipinski definition) is 5. The van der Waals surface area contributed by atoms with Gasteiger partial charge in [-0.3, -0.25) is 0 Å². The largest absolute Gasteiger partial charge is 0.393 e. The van der Waals surface area contributed by atoms with Crippen LogP contribution >= 0.6 is 0 Å². The molecule has 2 aromatic rings. The quantitative estimate of drug-likeness (QED) is 0.848. The van der Waals surface area contributed by atoms with E-state index in [0.717, 1.165) is 49.6 Å². The molecule has 21 heavy (non-hydrogen) atoms. The summed E-state index contributed by atoms with van der Waals surface area (Å²) in [4.78, 5) is 11.3. The third kappa shape index (κ3) is 2.95. The summed E-state index contributed by atoms with van der Waals surface area (Å²) >= 11 is 0. The highest BCUT2D eigenvalue weighted by Gasteiger charge is 2.28. The van der Waals surface area contributed by atoms with Crippen molar-refractivity contribution in [2.75, 3.05) is 30.4 Å². The van der Waals surface area contributed by atoms with Gasteiger partial charge < -0.3 is 19.7 Å². The molecule has 1 aliphatic rings. The van der Waals surface area contributed by atoms with Crippen molar-refractivity contribution in [2.24, 2.45) is 5.92 Å². The maximum Gasteiger partial charge on any atom is 0.180 e. The van der Waals surface area contributed by atoms with Crippen molar-refractivity contribution in [3.63, 3.8) is 0 Å². The Morgan fingerprint density at radius 2 is 2.29 bits per heavy atom. The number of fused-ring (bicyclic) bond motifs is 1. The van der Waals surface area contributed by atoms with E-state index < -0.39 is 0 Å². The minimum atomic E-state index is -0.111. The lowest BCUT2D eigenvalue weighted by atomic mass is 9.82. The Hall–Kier alpha value is -1.82. The maximum absolute atomic E-state index is 9.42. The second-order valence-corrected chi connectivity index (χ2v) is 5.91. The van der Waals surface area contributed by atoms with Crippen molar-refractivity contribution in [2.45, 2.75) is 32.3 Å². The van der Waals surface area contributed by atoms with Crippen molar-refractivity contribution in [1.29, 1.82) is 0 Å². The second kappa shape index (κ2) is 5.89. The molecule has 2 aromatic heterocycles. The van der Waals surface area contributed by atoms with Crippen LogP contribution in [0.5, 0.6) is 0 Å². The molecule has 0 aromatic carbocycles. The van der Waals surface area contributed by atoms with E-state index in [4.69, 9.17) is 4.98 Å². The van der Waals surface area contributed by atoms with Gasteiger partial charge in [0, 0.05) is 32.5 Å². The van der Waals surface area contributed by atoms with Crippen LogP contribution in [0.1, 0.15) is 26.2 Å². The zero-order valence-corrected chi connectivity index (χ0v) is 12.7. The molecule has 0 amide bonds. The zero-order valence-electron chi connectivity index (χ0n) is 12.7. The standard InChI is InChI=1S/C15H23N5O/c1-3-4-16-13-10-20-6-5-17-14(20)15(18-13)19(2)9-11-7-12(21)8-11/h5-6,10-12,16,21H,3-4,7-9H2,1-2H3. The van der Waals surface area contributed by atoms with Crippen LogP contribution in [0.4, 0.5) is 11.6 Å². The van der Waals surface area contributed by atoms with Crippen molar-refractivity contribution >= 4 is 17.3 Å². The van der Waals surface area contributed by atoms with Crippen molar-refractivity contribution in [1.82, 2.24) is 14.4 Å². The summed E-state index contributed by atoms with van der Waals surface area (Å²) in [6, 6.07) is 0. The van der Waals surface area contributed by atoms with Crippen LogP contribution in [0.25, 0.3) is 5.65 Å². The van der Waals surface area contributed by atoms with Crippen molar-refractivity contribution in [3.05, 3.63) is 18.6 Å². The first-order valence-electron chi connectivity index (χ1n) is 7.64. The Kier molecular flexibility index (Phi) is 3.96. The molecular weight excluding hydrogens is 266 g/mol. The molecule has 6 nitrogen and oxygen atoms in total. The molecule has 6 heteroatoms. The topological polar surface area (TPSA) is 65.7 Å². The monoisotopic (exact) mass is 289 g/mol. The molecule has 1 saturated carbocycles. The van der Waals surface area contributed by atoms with E-state index in [1.807, 2.05) is 23.8 Å². The number of aromatic nitrogens is 3. The van der Waals surface area contributed by atoms with Crippen molar-refractivity contribution in [3.8, 4) is 0 Å². The van der Waals surface area contributed by atoms with Crippen LogP contribution in [0.15, 0.2) is 18.6 Å². The normalized spacial score (nSPS) is 21.3. The minimum absolute atomic E-state index is 0.111. The molecule has 2 heterocycles. The molecular formula is C15H23N5O. The number of imidazole rings is 1. The molecule has 0 radical (unpaired) electrons. The average Bonchev–Trinajstić information content (AvgIpc) is 2.90. The van der Waals surface area contributed by atoms with Gasteiger partial charge in [-0.15, -0.1) is 0 Å². The number of aliphatic hydroxyl groups excluding tert-OH is 1. The fourth-order valence-electron chi connectivity index (χ4n) is 2.83. The molecule has 0 unspecified atom stereocenters. The molecule has 2 N–H and O–H groups in total. The van der Waals surface area contributed by atoms with Gasteiger partial charge in [-0.25, -0.2) is 9.97 Å². The van der Waals surface area contributed by atoms with Crippen LogP contribution in [0.2, 0.25) is 0 Å². The van der Waals surface area contributed by atoms with Gasteiger partial charge in [0.1, 0.15) is 5.82 Å². The molecule has 0 atom stereocenters. The molecule has 0 spiro atoms. The fourth-order valence-corrected chi connectivity index (χ4v) is 2.83. The Labute approximate surface area is 124 Å². The van der Waals surface area contributed by atoms with E-state index in [1.54, 1.807) is 6.20 Å². The Morgan fingerprint density at radius 3 is 3.00 bits per heavy atom. The number of nitrogens with one attached hydrogen (secondary N) is 1. The summed E-state index contributed by atoms with van der Waals surface area (Å²) in [5, 5.41) is 12.8. The molecule has 1 aliphatic carbocycles. The van der Waals surface area contributed by atoms with Gasteiger partial charge in [-0.2, -0.15) is 0 Å². The summed E-state index contributed by atoms with van der Waals surface area (Å²) in [6.07, 6.45) is 8.45. The predicted octanol–water partition coefficient (Wildman–Crippen LogP) is 1.76. The van der Waals surface area contributed by atoms with E-state index in [-0.39, 0.29) is 6.10 Å². The smallest absolute Gasteiger partial charge is 0.180 e. The van der Waals surface area contributed by atoms with Gasteiger partial charge in [-0.1, -0.05) is 6.92 Å². The minimum Gasteiger partial charge on any atom is -0.393 e. The lowest BCUT2D eigenvalue weighted by molar-refractivity contribution is 0.0464. The lowest BCUT2D eigenvalue weighted by Crippen LogP contribution is -2.37. The molecule has 1 fully saturated rings. The van der Waals surface area contributed by atoms with Crippen molar-refractivity contribution < 1.29 is 5.11 Å². The second-order valence-electron chi connectivity index (χ2n) is 5.91. The molecule has 114 valence electrons. The van der Waals surface area contributed by atoms with Crippen LogP contribution in [-0.2, 0) is 0 Å². The molecule has 0 saturated heterocycles. The van der Waals surface area contributed by atoms with Crippen LogP contribution in [-0.4, -0.2) is 45.7 Å². The lowest BCUT2D eigenvalue weighted by Gasteiger charge is -2.34. The van der Waals surface area contributed by atoms with Gasteiger partial charge in [0.05, 0.1) is 12.3 Å². The Morgan fingerprint density at radius 1 is 1.48 bits per heavy atom. The van der Waals surface area contributed by atoms with Crippen LogP contribution < -0.4 is 10.2 Å². The number of hydrogen-bond donors (Lipinski definition) is 2. The SMILES string of the molecule is CCCNc1cn2ccnc2c(N(C)CC2CC(O)C2)n1. The van der Waals surface area contributed by atoms with Crippen LogP contribution in [0, 0.1) is 5.92 Å². The van der Waals surface area contributed by atoms with Gasteiger partial charge in [0.2, 0.25) is 0 Å². The molecule has 3 rings (SSSR count). The number of aliphatic hydroxyl groups is 1. The first-order chi connectivity index (χ1) is 10.2. The highest BCUT2D eigenvalue weighted by atomic mass is 16.3. The number of anilines is 2. The summed E-state index contributed by atoms with van der Waals surface area (Å²) in [5.74, 6) is 2.31. The molecule has 0 aliphatic heterocycles. The van der Waals surface area contributed by atoms with Gasteiger partial charge in [-0.05, 0) is 25.2 Å². The summed E-state index contributed by atoms with van der Waals surface area (Å²) in [7, 11) is 2.05. The highest BCUT2D eigenvalue weighted by Crippen LogP contribution is 2.29. The van der Waals surface area contributed by atoms with Gasteiger partial charge in [0.25, 0.3) is 0 Å².